The van der Waals surface area contributed by atoms with Gasteiger partial charge in [0.1, 0.15) is 24.0 Å². The minimum absolute atomic E-state index is 0.0382. The molecule has 4 aliphatic rings. The number of hydrogen-bond acceptors (Lipinski definition) is 7. The molecular weight excluding hydrogens is 662 g/mol. The Bertz CT molecular complexity index is 1800. The first-order valence-electron chi connectivity index (χ1n) is 18.4. The third-order valence-electron chi connectivity index (χ3n) is 10.2. The van der Waals surface area contributed by atoms with Crippen LogP contribution in [0, 0.1) is 0 Å². The summed E-state index contributed by atoms with van der Waals surface area (Å²) < 4.78 is 5.80. The summed E-state index contributed by atoms with van der Waals surface area (Å²) in [5.74, 6) is -1.06. The number of carboxylic acid groups (broad SMARTS) is 1. The quantitative estimate of drug-likeness (QED) is 0.229. The van der Waals surface area contributed by atoms with Crippen LogP contribution in [0.25, 0.3) is 17.2 Å². The summed E-state index contributed by atoms with van der Waals surface area (Å²) in [7, 11) is 0. The molecule has 2 N–H and O–H groups in total. The maximum Gasteiger partial charge on any atom is 0.413 e. The topological polar surface area (TPSA) is 149 Å². The number of allylic oxidation sites excluding steroid dienone is 1. The molecule has 1 aliphatic carbocycles. The van der Waals surface area contributed by atoms with Crippen molar-refractivity contribution in [3.05, 3.63) is 71.3 Å². The molecular formula is C40H47N5O7. The minimum Gasteiger partial charge on any atom is -0.480 e. The number of amidine groups is 1. The zero-order valence-corrected chi connectivity index (χ0v) is 29.9. The van der Waals surface area contributed by atoms with Crippen molar-refractivity contribution in [3.8, 4) is 11.1 Å². The van der Waals surface area contributed by atoms with E-state index in [4.69, 9.17) is 9.73 Å². The van der Waals surface area contributed by atoms with Crippen molar-refractivity contribution in [1.29, 1.82) is 0 Å². The lowest BCUT2D eigenvalue weighted by Crippen LogP contribution is -2.37. The van der Waals surface area contributed by atoms with Gasteiger partial charge >= 0.3 is 12.1 Å². The molecule has 3 heterocycles. The Hall–Kier alpha value is -5.26. The van der Waals surface area contributed by atoms with E-state index in [1.165, 1.54) is 4.90 Å². The van der Waals surface area contributed by atoms with Crippen molar-refractivity contribution in [3.63, 3.8) is 0 Å². The fourth-order valence-electron chi connectivity index (χ4n) is 7.46. The number of rotatable bonds is 10. The molecule has 2 aromatic carbocycles. The predicted molar refractivity (Wildman–Crippen MR) is 197 cm³/mol. The summed E-state index contributed by atoms with van der Waals surface area (Å²) in [5, 5.41) is 12.0. The number of amides is 4. The Morgan fingerprint density at radius 3 is 2.40 bits per heavy atom. The Balaban J connectivity index is 1.22. The highest BCUT2D eigenvalue weighted by Crippen LogP contribution is 2.44. The number of carbonyl (C=O) groups excluding carboxylic acids is 4. The Labute approximate surface area is 304 Å². The average molecular weight is 710 g/mol. The summed E-state index contributed by atoms with van der Waals surface area (Å²) >= 11 is 0. The van der Waals surface area contributed by atoms with Crippen LogP contribution in [0.15, 0.2) is 65.2 Å². The SMILES string of the molecule is CCCN(CCC)C(=O)C1=Cc2ccc(-c3ccc(C(=O)N4CCCC4)cc3)cc2N=C(NC(=O)O[C@H]2/C=C/CC[C@]3(CC2)C(=O)N3CC(=O)O)C1. The van der Waals surface area contributed by atoms with Gasteiger partial charge in [0.05, 0.1) is 5.69 Å². The molecule has 2 atom stereocenters. The fourth-order valence-corrected chi connectivity index (χ4v) is 7.46. The van der Waals surface area contributed by atoms with Gasteiger partial charge in [0, 0.05) is 49.3 Å². The third kappa shape index (κ3) is 8.11. The van der Waals surface area contributed by atoms with E-state index >= 15 is 0 Å². The van der Waals surface area contributed by atoms with Gasteiger partial charge in [-0.1, -0.05) is 44.2 Å². The van der Waals surface area contributed by atoms with E-state index in [2.05, 4.69) is 5.32 Å². The number of hydrogen-bond donors (Lipinski definition) is 2. The summed E-state index contributed by atoms with van der Waals surface area (Å²) in [4.78, 5) is 74.0. The number of alkyl carbamates (subject to hydrolysis) is 1. The number of likely N-dealkylation sites (tertiary alicyclic amines) is 1. The number of carboxylic acids is 1. The minimum atomic E-state index is -1.06. The van der Waals surface area contributed by atoms with Gasteiger partial charge in [-0.2, -0.15) is 0 Å². The van der Waals surface area contributed by atoms with Crippen LogP contribution in [-0.2, 0) is 19.1 Å². The number of benzene rings is 2. The first-order valence-corrected chi connectivity index (χ1v) is 18.4. The second-order valence-corrected chi connectivity index (χ2v) is 13.9. The van der Waals surface area contributed by atoms with Crippen molar-refractivity contribution < 1.29 is 33.8 Å². The van der Waals surface area contributed by atoms with Gasteiger partial charge < -0.3 is 24.5 Å². The first kappa shape index (κ1) is 36.5. The molecule has 2 fully saturated rings. The molecule has 52 heavy (non-hydrogen) atoms. The Morgan fingerprint density at radius 1 is 1.00 bits per heavy atom. The number of nitrogens with one attached hydrogen (secondary N) is 1. The zero-order valence-electron chi connectivity index (χ0n) is 29.9. The first-order chi connectivity index (χ1) is 25.1. The molecule has 0 aromatic heterocycles. The van der Waals surface area contributed by atoms with Crippen LogP contribution in [0.5, 0.6) is 0 Å². The average Bonchev–Trinajstić information content (AvgIpc) is 3.39. The van der Waals surface area contributed by atoms with Crippen molar-refractivity contribution in [2.45, 2.75) is 83.3 Å². The lowest BCUT2D eigenvalue weighted by Gasteiger charge is -2.23. The van der Waals surface area contributed by atoms with E-state index in [1.807, 2.05) is 78.3 Å². The van der Waals surface area contributed by atoms with E-state index < -0.39 is 23.7 Å². The smallest absolute Gasteiger partial charge is 0.413 e. The van der Waals surface area contributed by atoms with E-state index in [0.717, 1.165) is 55.5 Å². The molecule has 4 amide bonds. The fraction of sp³-hybridized carbons (Fsp3) is 0.450. The van der Waals surface area contributed by atoms with Gasteiger partial charge in [0.15, 0.2) is 0 Å². The van der Waals surface area contributed by atoms with E-state index in [1.54, 1.807) is 6.08 Å². The molecule has 2 aromatic rings. The van der Waals surface area contributed by atoms with Gasteiger partial charge in [-0.15, -0.1) is 0 Å². The molecule has 0 radical (unpaired) electrons. The second kappa shape index (κ2) is 16.0. The molecule has 0 unspecified atom stereocenters. The van der Waals surface area contributed by atoms with Crippen LogP contribution in [-0.4, -0.2) is 99.8 Å². The van der Waals surface area contributed by atoms with Gasteiger partial charge in [0.2, 0.25) is 11.8 Å². The van der Waals surface area contributed by atoms with Gasteiger partial charge in [-0.05, 0) is 92.8 Å². The maximum atomic E-state index is 13.9. The normalized spacial score (nSPS) is 21.6. The van der Waals surface area contributed by atoms with E-state index in [9.17, 15) is 29.1 Å². The zero-order chi connectivity index (χ0) is 36.8. The van der Waals surface area contributed by atoms with E-state index in [-0.39, 0.29) is 36.5 Å². The summed E-state index contributed by atoms with van der Waals surface area (Å²) in [6, 6.07) is 13.3. The number of nitrogens with zero attached hydrogens (tertiary/aromatic N) is 4. The number of carbonyl (C=O) groups is 5. The van der Waals surface area contributed by atoms with Crippen LogP contribution < -0.4 is 5.32 Å². The summed E-state index contributed by atoms with van der Waals surface area (Å²) in [6.07, 6.45) is 9.66. The lowest BCUT2D eigenvalue weighted by atomic mass is 9.92. The van der Waals surface area contributed by atoms with Crippen LogP contribution >= 0.6 is 0 Å². The molecule has 0 bridgehead atoms. The van der Waals surface area contributed by atoms with Crippen molar-refractivity contribution in [1.82, 2.24) is 20.0 Å². The van der Waals surface area contributed by atoms with Crippen molar-refractivity contribution in [2.24, 2.45) is 4.99 Å². The van der Waals surface area contributed by atoms with Gasteiger partial charge in [-0.3, -0.25) is 24.5 Å². The molecule has 2 saturated heterocycles. The molecule has 12 heteroatoms. The summed E-state index contributed by atoms with van der Waals surface area (Å²) in [5.41, 5.74) is 3.39. The van der Waals surface area contributed by atoms with Crippen LogP contribution in [0.3, 0.4) is 0 Å². The van der Waals surface area contributed by atoms with Gasteiger partial charge in [0.25, 0.3) is 5.91 Å². The largest absolute Gasteiger partial charge is 0.480 e. The van der Waals surface area contributed by atoms with E-state index in [0.29, 0.717) is 55.6 Å². The monoisotopic (exact) mass is 709 g/mol. The highest BCUT2D eigenvalue weighted by atomic mass is 16.6. The Morgan fingerprint density at radius 2 is 1.71 bits per heavy atom. The molecule has 274 valence electrons. The van der Waals surface area contributed by atoms with Gasteiger partial charge in [-0.25, -0.2) is 9.79 Å². The van der Waals surface area contributed by atoms with Crippen molar-refractivity contribution >= 4 is 47.4 Å². The van der Waals surface area contributed by atoms with Crippen LogP contribution in [0.4, 0.5) is 10.5 Å². The molecule has 1 spiro atoms. The predicted octanol–water partition coefficient (Wildman–Crippen LogP) is 5.95. The highest BCUT2D eigenvalue weighted by Gasteiger charge is 2.61. The molecule has 12 nitrogen and oxygen atoms in total. The molecule has 0 saturated carbocycles. The third-order valence-corrected chi connectivity index (χ3v) is 10.2. The van der Waals surface area contributed by atoms with Crippen molar-refractivity contribution in [2.75, 3.05) is 32.7 Å². The Kier molecular flexibility index (Phi) is 11.2. The standard InChI is InChI=1S/C40H47N5O7/c1-3-19-43(20-4-2)37(49)31-23-30-15-14-29(27-10-12-28(13-11-27)36(48)44-21-7-8-22-44)24-33(30)41-34(25-31)42-39(51)52-32-9-5-6-17-40(18-16-32)38(50)45(40)26-35(46)47/h5,9-15,23-24,32H,3-4,6-8,16-22,25-26H2,1-2H3,(H,46,47)(H,41,42,51)/b9-5+/t32-,40-,45?/m0/s1. The van der Waals surface area contributed by atoms with Crippen LogP contribution in [0.1, 0.15) is 87.6 Å². The second-order valence-electron chi connectivity index (χ2n) is 13.9. The number of aliphatic carboxylic acids is 1. The summed E-state index contributed by atoms with van der Waals surface area (Å²) in [6.45, 7) is 6.50. The molecule has 3 aliphatic heterocycles. The lowest BCUT2D eigenvalue weighted by molar-refractivity contribution is -0.138. The number of fused-ring (bicyclic) bond motifs is 1. The number of ether oxygens (including phenoxy) is 1. The highest BCUT2D eigenvalue weighted by molar-refractivity contribution is 6.09. The molecule has 6 rings (SSSR count). The van der Waals surface area contributed by atoms with Crippen LogP contribution in [0.2, 0.25) is 0 Å². The maximum absolute atomic E-state index is 13.9. The number of aliphatic imine (C=N–C) groups is 1.